The number of hydrogen-bond donors (Lipinski definition) is 1. The van der Waals surface area contributed by atoms with Crippen molar-refractivity contribution in [2.75, 3.05) is 0 Å². The molecule has 8 heteroatoms. The van der Waals surface area contributed by atoms with Crippen LogP contribution in [0.3, 0.4) is 0 Å². The highest BCUT2D eigenvalue weighted by molar-refractivity contribution is 6.52. The predicted octanol–water partition coefficient (Wildman–Crippen LogP) is 2.93. The first kappa shape index (κ1) is 16.1. The molecule has 0 radical (unpaired) electrons. The van der Waals surface area contributed by atoms with Crippen LogP contribution in [-0.2, 0) is 9.59 Å². The molecule has 3 rings (SSSR count). The normalized spacial score (nSPS) is 11.4. The van der Waals surface area contributed by atoms with Gasteiger partial charge >= 0.3 is 11.9 Å². The van der Waals surface area contributed by atoms with E-state index in [9.17, 15) is 19.7 Å². The van der Waals surface area contributed by atoms with Gasteiger partial charge in [0.1, 0.15) is 10.7 Å². The number of aliphatic carboxylic acids is 1. The first-order valence-electron chi connectivity index (χ1n) is 7.05. The number of para-hydroxylation sites is 1. The third-order valence-electron chi connectivity index (χ3n) is 3.39. The second kappa shape index (κ2) is 6.36. The molecule has 0 aliphatic carbocycles. The van der Waals surface area contributed by atoms with Crippen LogP contribution in [0.25, 0.3) is 22.6 Å². The summed E-state index contributed by atoms with van der Waals surface area (Å²) in [6, 6.07) is 12.7. The molecule has 0 bridgehead atoms. The molecule has 25 heavy (non-hydrogen) atoms. The van der Waals surface area contributed by atoms with E-state index in [0.717, 1.165) is 17.5 Å². The highest BCUT2D eigenvalue weighted by atomic mass is 16.6. The summed E-state index contributed by atoms with van der Waals surface area (Å²) in [5, 5.41) is 20.5. The zero-order valence-electron chi connectivity index (χ0n) is 12.6. The molecule has 1 aromatic carbocycles. The number of fused-ring (bicyclic) bond motifs is 1. The molecule has 0 saturated heterocycles. The van der Waals surface area contributed by atoms with Crippen LogP contribution in [0, 0.1) is 10.1 Å². The number of Topliss-reactive ketones (excluding diaryl/α,β-unsaturated/α-hetero) is 1. The summed E-state index contributed by atoms with van der Waals surface area (Å²) >= 11 is 0. The molecule has 8 nitrogen and oxygen atoms in total. The SMILES string of the molecule is O=C(O)C(=O)C(=Cc1ccc([N+](=O)[O-])o1)c1ccc2ccccc2n1. The zero-order chi connectivity index (χ0) is 18.0. The second-order valence-electron chi connectivity index (χ2n) is 5.01. The molecule has 1 N–H and O–H groups in total. The summed E-state index contributed by atoms with van der Waals surface area (Å²) in [5.74, 6) is -3.39. The molecule has 3 aromatic rings. The van der Waals surface area contributed by atoms with Gasteiger partial charge in [-0.05, 0) is 24.3 Å². The summed E-state index contributed by atoms with van der Waals surface area (Å²) in [5.41, 5.74) is 0.474. The third kappa shape index (κ3) is 3.27. The lowest BCUT2D eigenvalue weighted by molar-refractivity contribution is -0.402. The number of furan rings is 1. The lowest BCUT2D eigenvalue weighted by Gasteiger charge is -2.05. The van der Waals surface area contributed by atoms with Gasteiger partial charge < -0.3 is 9.52 Å². The Morgan fingerprint density at radius 1 is 1.12 bits per heavy atom. The monoisotopic (exact) mass is 338 g/mol. The van der Waals surface area contributed by atoms with Crippen molar-refractivity contribution in [1.82, 2.24) is 4.98 Å². The molecule has 2 aromatic heterocycles. The maximum atomic E-state index is 12.0. The van der Waals surface area contributed by atoms with Crippen LogP contribution in [-0.4, -0.2) is 26.8 Å². The lowest BCUT2D eigenvalue weighted by Crippen LogP contribution is -2.15. The number of carboxylic acid groups (broad SMARTS) is 1. The number of nitrogens with zero attached hydrogens (tertiary/aromatic N) is 2. The Labute approximate surface area is 140 Å². The zero-order valence-corrected chi connectivity index (χ0v) is 12.6. The number of carbonyl (C=O) groups is 2. The topological polar surface area (TPSA) is 124 Å². The fourth-order valence-electron chi connectivity index (χ4n) is 2.25. The first-order valence-corrected chi connectivity index (χ1v) is 7.05. The minimum absolute atomic E-state index is 0.0220. The second-order valence-corrected chi connectivity index (χ2v) is 5.01. The van der Waals surface area contributed by atoms with Gasteiger partial charge in [-0.25, -0.2) is 9.78 Å². The number of carbonyl (C=O) groups excluding carboxylic acids is 1. The van der Waals surface area contributed by atoms with E-state index < -0.39 is 22.6 Å². The summed E-state index contributed by atoms with van der Waals surface area (Å²) in [6.45, 7) is 0. The largest absolute Gasteiger partial charge is 0.475 e. The molecule has 2 heterocycles. The molecule has 0 aliphatic rings. The van der Waals surface area contributed by atoms with Gasteiger partial charge in [0.25, 0.3) is 5.78 Å². The van der Waals surface area contributed by atoms with E-state index in [1.165, 1.54) is 12.1 Å². The van der Waals surface area contributed by atoms with E-state index in [1.54, 1.807) is 18.2 Å². The third-order valence-corrected chi connectivity index (χ3v) is 3.39. The van der Waals surface area contributed by atoms with Crippen LogP contribution in [0.4, 0.5) is 5.88 Å². The molecule has 0 amide bonds. The molecular formula is C17H10N2O6. The molecule has 0 saturated carbocycles. The van der Waals surface area contributed by atoms with E-state index in [1.807, 2.05) is 12.1 Å². The maximum absolute atomic E-state index is 12.0. The Morgan fingerprint density at radius 2 is 1.88 bits per heavy atom. The molecule has 0 spiro atoms. The van der Waals surface area contributed by atoms with Gasteiger partial charge in [-0.2, -0.15) is 0 Å². The molecular weight excluding hydrogens is 328 g/mol. The van der Waals surface area contributed by atoms with E-state index in [-0.39, 0.29) is 17.0 Å². The van der Waals surface area contributed by atoms with Gasteiger partial charge in [0.05, 0.1) is 22.9 Å². The Hall–Kier alpha value is -3.81. The van der Waals surface area contributed by atoms with Crippen molar-refractivity contribution in [3.8, 4) is 0 Å². The number of carboxylic acids is 1. The van der Waals surface area contributed by atoms with Crippen LogP contribution in [0.15, 0.2) is 52.9 Å². The number of ketones is 1. The van der Waals surface area contributed by atoms with Crippen molar-refractivity contribution in [1.29, 1.82) is 0 Å². The minimum Gasteiger partial charge on any atom is -0.475 e. The Bertz CT molecular complexity index is 1030. The molecule has 124 valence electrons. The molecule has 0 aliphatic heterocycles. The van der Waals surface area contributed by atoms with Gasteiger partial charge in [0, 0.05) is 5.39 Å². The standard InChI is InChI=1S/C17H10N2O6/c20-16(17(21)22)12(9-11-6-8-15(25-11)19(23)24)14-7-5-10-3-1-2-4-13(10)18-14/h1-9H,(H,21,22). The Morgan fingerprint density at radius 3 is 2.56 bits per heavy atom. The Kier molecular flexibility index (Phi) is 4.09. The van der Waals surface area contributed by atoms with Crippen LogP contribution in [0.5, 0.6) is 0 Å². The number of benzene rings is 1. The van der Waals surface area contributed by atoms with Gasteiger partial charge in [-0.3, -0.25) is 14.9 Å². The number of pyridine rings is 1. The van der Waals surface area contributed by atoms with Crippen LogP contribution in [0.1, 0.15) is 11.5 Å². The van der Waals surface area contributed by atoms with E-state index >= 15 is 0 Å². The van der Waals surface area contributed by atoms with Gasteiger partial charge in [-0.15, -0.1) is 0 Å². The van der Waals surface area contributed by atoms with Gasteiger partial charge in [-0.1, -0.05) is 24.3 Å². The highest BCUT2D eigenvalue weighted by Gasteiger charge is 2.22. The fourth-order valence-corrected chi connectivity index (χ4v) is 2.25. The summed E-state index contributed by atoms with van der Waals surface area (Å²) in [4.78, 5) is 37.4. The average molecular weight is 338 g/mol. The van der Waals surface area contributed by atoms with Gasteiger partial charge in [0.2, 0.25) is 0 Å². The Balaban J connectivity index is 2.12. The van der Waals surface area contributed by atoms with Crippen molar-refractivity contribution >= 4 is 40.2 Å². The maximum Gasteiger partial charge on any atom is 0.433 e. The average Bonchev–Trinajstić information content (AvgIpc) is 3.07. The quantitative estimate of drug-likeness (QED) is 0.328. The van der Waals surface area contributed by atoms with E-state index in [0.29, 0.717) is 5.52 Å². The molecule has 0 unspecified atom stereocenters. The van der Waals surface area contributed by atoms with Crippen molar-refractivity contribution in [2.24, 2.45) is 0 Å². The van der Waals surface area contributed by atoms with E-state index in [4.69, 9.17) is 9.52 Å². The van der Waals surface area contributed by atoms with Crippen molar-refractivity contribution in [3.63, 3.8) is 0 Å². The lowest BCUT2D eigenvalue weighted by atomic mass is 10.0. The number of aromatic nitrogens is 1. The summed E-state index contributed by atoms with van der Waals surface area (Å²) in [7, 11) is 0. The number of nitro groups is 1. The predicted molar refractivity (Wildman–Crippen MR) is 87.6 cm³/mol. The highest BCUT2D eigenvalue weighted by Crippen LogP contribution is 2.24. The fraction of sp³-hybridized carbons (Fsp3) is 0. The summed E-state index contributed by atoms with van der Waals surface area (Å²) < 4.78 is 4.97. The molecule has 0 atom stereocenters. The van der Waals surface area contributed by atoms with Gasteiger partial charge in [0.15, 0.2) is 0 Å². The van der Waals surface area contributed by atoms with Crippen molar-refractivity contribution in [3.05, 3.63) is 70.1 Å². The van der Waals surface area contributed by atoms with Crippen LogP contribution >= 0.6 is 0 Å². The van der Waals surface area contributed by atoms with Crippen molar-refractivity contribution in [2.45, 2.75) is 0 Å². The minimum atomic E-state index is -1.66. The number of hydrogen-bond acceptors (Lipinski definition) is 6. The van der Waals surface area contributed by atoms with Crippen LogP contribution in [0.2, 0.25) is 0 Å². The smallest absolute Gasteiger partial charge is 0.433 e. The van der Waals surface area contributed by atoms with E-state index in [2.05, 4.69) is 4.98 Å². The summed E-state index contributed by atoms with van der Waals surface area (Å²) in [6.07, 6.45) is 1.13. The molecule has 0 fully saturated rings. The first-order chi connectivity index (χ1) is 12.0. The van der Waals surface area contributed by atoms with Crippen LogP contribution < -0.4 is 0 Å². The van der Waals surface area contributed by atoms with Crippen molar-refractivity contribution < 1.29 is 24.0 Å². The number of rotatable bonds is 5.